The first-order chi connectivity index (χ1) is 12.3. The van der Waals surface area contributed by atoms with Gasteiger partial charge in [0, 0.05) is 24.3 Å². The van der Waals surface area contributed by atoms with Gasteiger partial charge in [-0.15, -0.1) is 0 Å². The number of Topliss-reactive ketones (excluding diaryl/α,β-unsaturated/α-hetero) is 1. The van der Waals surface area contributed by atoms with Crippen molar-refractivity contribution in [3.05, 3.63) is 0 Å². The summed E-state index contributed by atoms with van der Waals surface area (Å²) >= 11 is 0. The Bertz CT molecular complexity index is 732. The van der Waals surface area contributed by atoms with Crippen molar-refractivity contribution in [2.75, 3.05) is 0 Å². The second kappa shape index (κ2) is 6.79. The van der Waals surface area contributed by atoms with E-state index in [-0.39, 0.29) is 23.0 Å². The fraction of sp³-hybridized carbons (Fsp3) is 0.889. The summed E-state index contributed by atoms with van der Waals surface area (Å²) in [6.07, 6.45) is 6.17. The summed E-state index contributed by atoms with van der Waals surface area (Å²) < 4.78 is 31.6. The zero-order valence-electron chi connectivity index (χ0n) is 15.8. The molecule has 3 saturated carbocycles. The maximum Gasteiger partial charge on any atom is 0.394 e. The molecule has 1 aliphatic heterocycles. The number of amidine groups is 1. The number of aliphatic hydroxyl groups is 1. The number of hydrogen-bond donors (Lipinski definition) is 5. The van der Waals surface area contributed by atoms with Crippen molar-refractivity contribution in [2.24, 2.45) is 29.1 Å². The highest BCUT2D eigenvalue weighted by Crippen LogP contribution is 2.61. The molecular formula is C18H30N2O6S. The van der Waals surface area contributed by atoms with Crippen LogP contribution in [0.15, 0.2) is 0 Å². The maximum atomic E-state index is 13.1. The smallest absolute Gasteiger partial charge is 0.393 e. The molecule has 154 valence electrons. The monoisotopic (exact) mass is 402 g/mol. The summed E-state index contributed by atoms with van der Waals surface area (Å²) in [6.45, 7) is 4.46. The molecule has 27 heavy (non-hydrogen) atoms. The largest absolute Gasteiger partial charge is 0.394 e. The average Bonchev–Trinajstić information content (AvgIpc) is 2.79. The Balaban J connectivity index is 0.000000376. The van der Waals surface area contributed by atoms with Gasteiger partial charge in [0.15, 0.2) is 0 Å². The predicted molar refractivity (Wildman–Crippen MR) is 98.8 cm³/mol. The molecule has 0 aromatic carbocycles. The normalized spacial score (nSPS) is 46.3. The van der Waals surface area contributed by atoms with E-state index in [1.54, 1.807) is 0 Å². The number of aliphatic hydroxyl groups excluding tert-OH is 1. The van der Waals surface area contributed by atoms with Gasteiger partial charge in [-0.05, 0) is 62.2 Å². The summed E-state index contributed by atoms with van der Waals surface area (Å²) in [4.78, 5) is 13.1. The third-order valence-electron chi connectivity index (χ3n) is 7.58. The van der Waals surface area contributed by atoms with Crippen LogP contribution in [0.2, 0.25) is 0 Å². The standard InChI is InChI=1S/C18H28N2O2.H2O4S/c1-17-6-5-11(21)7-10(17)3-4-12-13-8-15(19)20-18(13,2)9-14(22)16(12)17;1-5(2,3)4/h10-13,16,21H,3-9H2,1-2H3,(H2,19,20);(H2,1,2,3,4)/t10-,11-,12+,13+,16-,17+,18+;/m1./s1. The van der Waals surface area contributed by atoms with E-state index >= 15 is 0 Å². The highest BCUT2D eigenvalue weighted by atomic mass is 32.3. The Hall–Kier alpha value is -1.03. The molecule has 9 heteroatoms. The molecule has 5 N–H and O–H groups in total. The fourth-order valence-electron chi connectivity index (χ4n) is 6.55. The third-order valence-corrected chi connectivity index (χ3v) is 7.58. The van der Waals surface area contributed by atoms with Gasteiger partial charge >= 0.3 is 10.4 Å². The molecule has 0 spiro atoms. The highest BCUT2D eigenvalue weighted by Gasteiger charge is 2.61. The molecule has 0 aromatic rings. The Morgan fingerprint density at radius 2 is 1.81 bits per heavy atom. The van der Waals surface area contributed by atoms with Crippen molar-refractivity contribution >= 4 is 22.0 Å². The molecule has 3 aliphatic carbocycles. The molecule has 4 rings (SSSR count). The lowest BCUT2D eigenvalue weighted by atomic mass is 9.46. The Morgan fingerprint density at radius 1 is 1.19 bits per heavy atom. The van der Waals surface area contributed by atoms with Gasteiger partial charge in [0.25, 0.3) is 0 Å². The molecule has 0 radical (unpaired) electrons. The third kappa shape index (κ3) is 3.92. The van der Waals surface area contributed by atoms with Gasteiger partial charge in [0.2, 0.25) is 0 Å². The number of ketones is 1. The minimum atomic E-state index is -4.67. The van der Waals surface area contributed by atoms with Gasteiger partial charge in [0.05, 0.1) is 11.9 Å². The summed E-state index contributed by atoms with van der Waals surface area (Å²) in [7, 11) is -4.67. The minimum Gasteiger partial charge on any atom is -0.393 e. The highest BCUT2D eigenvalue weighted by molar-refractivity contribution is 7.79. The zero-order chi connectivity index (χ0) is 20.2. The van der Waals surface area contributed by atoms with Gasteiger partial charge in [-0.2, -0.15) is 8.42 Å². The molecule has 0 aromatic heterocycles. The van der Waals surface area contributed by atoms with Gasteiger partial charge < -0.3 is 10.4 Å². The van der Waals surface area contributed by atoms with E-state index in [0.717, 1.165) is 38.5 Å². The molecule has 8 nitrogen and oxygen atoms in total. The predicted octanol–water partition coefficient (Wildman–Crippen LogP) is 1.85. The molecule has 4 fully saturated rings. The lowest BCUT2D eigenvalue weighted by Gasteiger charge is -2.58. The topological polar surface area (TPSA) is 148 Å². The van der Waals surface area contributed by atoms with Gasteiger partial charge in [-0.1, -0.05) is 6.92 Å². The fourth-order valence-corrected chi connectivity index (χ4v) is 6.55. The van der Waals surface area contributed by atoms with Crippen molar-refractivity contribution in [1.29, 1.82) is 5.41 Å². The first kappa shape index (κ1) is 20.7. The van der Waals surface area contributed by atoms with Crippen molar-refractivity contribution in [2.45, 2.75) is 70.4 Å². The zero-order valence-corrected chi connectivity index (χ0v) is 16.6. The molecule has 0 bridgehead atoms. The first-order valence-electron chi connectivity index (χ1n) is 9.60. The molecular weight excluding hydrogens is 372 g/mol. The Morgan fingerprint density at radius 3 is 2.44 bits per heavy atom. The van der Waals surface area contributed by atoms with Crippen LogP contribution in [0.25, 0.3) is 0 Å². The van der Waals surface area contributed by atoms with Crippen LogP contribution < -0.4 is 5.32 Å². The summed E-state index contributed by atoms with van der Waals surface area (Å²) in [6, 6.07) is 0. The van der Waals surface area contributed by atoms with E-state index in [1.807, 2.05) is 0 Å². The summed E-state index contributed by atoms with van der Waals surface area (Å²) in [5, 5.41) is 21.4. The second-order valence-electron chi connectivity index (χ2n) is 9.27. The summed E-state index contributed by atoms with van der Waals surface area (Å²) in [5.41, 5.74) is -0.113. The van der Waals surface area contributed by atoms with Crippen LogP contribution in [-0.2, 0) is 15.2 Å². The SMILES string of the molecule is C[C@]12CC[C@@H](O)C[C@H]1CC[C@@H]1[C@@H]2C(=O)C[C@]2(C)NC(=N)C[C@@H]12.O=S(=O)(O)O. The van der Waals surface area contributed by atoms with Gasteiger partial charge in [-0.3, -0.25) is 19.3 Å². The van der Waals surface area contributed by atoms with Crippen molar-refractivity contribution in [3.8, 4) is 0 Å². The molecule has 0 amide bonds. The average molecular weight is 403 g/mol. The van der Waals surface area contributed by atoms with E-state index in [1.165, 1.54) is 0 Å². The lowest BCUT2D eigenvalue weighted by Crippen LogP contribution is -2.61. The molecule has 4 aliphatic rings. The van der Waals surface area contributed by atoms with E-state index in [9.17, 15) is 9.90 Å². The number of carbonyl (C=O) groups is 1. The molecule has 7 atom stereocenters. The minimum absolute atomic E-state index is 0.0747. The van der Waals surface area contributed by atoms with Crippen LogP contribution >= 0.6 is 0 Å². The van der Waals surface area contributed by atoms with E-state index < -0.39 is 10.4 Å². The van der Waals surface area contributed by atoms with E-state index in [2.05, 4.69) is 19.2 Å². The van der Waals surface area contributed by atoms with E-state index in [0.29, 0.717) is 35.8 Å². The van der Waals surface area contributed by atoms with Crippen LogP contribution in [0.5, 0.6) is 0 Å². The molecule has 1 saturated heterocycles. The van der Waals surface area contributed by atoms with Gasteiger partial charge in [-0.25, -0.2) is 0 Å². The molecule has 0 unspecified atom stereocenters. The van der Waals surface area contributed by atoms with Crippen molar-refractivity contribution in [1.82, 2.24) is 5.32 Å². The van der Waals surface area contributed by atoms with Gasteiger partial charge in [0.1, 0.15) is 5.78 Å². The van der Waals surface area contributed by atoms with Crippen LogP contribution in [0.3, 0.4) is 0 Å². The quantitative estimate of drug-likeness (QED) is 0.388. The van der Waals surface area contributed by atoms with Crippen molar-refractivity contribution in [3.63, 3.8) is 0 Å². The number of nitrogens with one attached hydrogen (secondary N) is 2. The van der Waals surface area contributed by atoms with Crippen LogP contribution in [-0.4, -0.2) is 45.9 Å². The second-order valence-corrected chi connectivity index (χ2v) is 10.2. The number of rotatable bonds is 0. The van der Waals surface area contributed by atoms with Crippen LogP contribution in [0, 0.1) is 34.5 Å². The van der Waals surface area contributed by atoms with E-state index in [4.69, 9.17) is 22.9 Å². The Labute approximate surface area is 160 Å². The maximum absolute atomic E-state index is 13.1. The van der Waals surface area contributed by atoms with Crippen LogP contribution in [0.4, 0.5) is 0 Å². The first-order valence-corrected chi connectivity index (χ1v) is 11.0. The van der Waals surface area contributed by atoms with Crippen molar-refractivity contribution < 1.29 is 27.4 Å². The van der Waals surface area contributed by atoms with Crippen LogP contribution in [0.1, 0.15) is 58.8 Å². The number of carbonyl (C=O) groups excluding carboxylic acids is 1. The Kier molecular flexibility index (Phi) is 5.20. The lowest BCUT2D eigenvalue weighted by molar-refractivity contribution is -0.154. The number of hydrogen-bond acceptors (Lipinski definition) is 5. The molecule has 1 heterocycles. The summed E-state index contributed by atoms with van der Waals surface area (Å²) in [5.74, 6) is 2.55. The number of fused-ring (bicyclic) bond motifs is 5.